The van der Waals surface area contributed by atoms with E-state index in [1.165, 1.54) is 5.39 Å². The zero-order valence-corrected chi connectivity index (χ0v) is 17.0. The number of aromatic nitrogens is 2. The number of benzene rings is 2. The van der Waals surface area contributed by atoms with Gasteiger partial charge in [-0.25, -0.2) is 0 Å². The van der Waals surface area contributed by atoms with Gasteiger partial charge in [0.15, 0.2) is 5.82 Å². The summed E-state index contributed by atoms with van der Waals surface area (Å²) in [7, 11) is 0. The number of hydrogen-bond acceptors (Lipinski definition) is 5. The van der Waals surface area contributed by atoms with Crippen LogP contribution in [0.25, 0.3) is 22.2 Å². The Morgan fingerprint density at radius 1 is 1.03 bits per heavy atom. The molecular weight excluding hydrogens is 364 g/mol. The Labute approximate surface area is 171 Å². The van der Waals surface area contributed by atoms with Gasteiger partial charge in [0.05, 0.1) is 6.54 Å². The number of carbonyl (C=O) groups is 1. The molecule has 0 N–H and O–H groups in total. The first-order valence-electron chi connectivity index (χ1n) is 10.5. The average Bonchev–Trinajstić information content (AvgIpc) is 3.22. The Hall–Kier alpha value is -2.73. The van der Waals surface area contributed by atoms with E-state index in [9.17, 15) is 4.79 Å². The predicted molar refractivity (Wildman–Crippen MR) is 113 cm³/mol. The van der Waals surface area contributed by atoms with Gasteiger partial charge in [0.2, 0.25) is 5.91 Å². The number of carbonyl (C=O) groups excluding carboxylic acids is 1. The first-order valence-corrected chi connectivity index (χ1v) is 10.5. The zero-order valence-electron chi connectivity index (χ0n) is 17.0. The molecule has 1 aromatic heterocycles. The van der Waals surface area contributed by atoms with Crippen LogP contribution in [0.4, 0.5) is 0 Å². The zero-order chi connectivity index (χ0) is 20.1. The fraction of sp³-hybridized carbons (Fsp3) is 0.435. The van der Waals surface area contributed by atoms with Crippen molar-refractivity contribution in [3.63, 3.8) is 0 Å². The minimum Gasteiger partial charge on any atom is -0.340 e. The monoisotopic (exact) mass is 392 g/mol. The highest BCUT2D eigenvalue weighted by Gasteiger charge is 2.22. The van der Waals surface area contributed by atoms with Gasteiger partial charge in [-0.05, 0) is 29.3 Å². The number of piperazine rings is 1. The van der Waals surface area contributed by atoms with Gasteiger partial charge >= 0.3 is 0 Å². The standard InChI is InChI=1S/C23H28N4O2/c1-2-3-4-9-22(28)27-14-12-26(13-15-27)17-21-24-23(29-25-21)20-11-10-18-7-5-6-8-19(18)16-20/h5-8,10-11,16H,2-4,9,12-15,17H2,1H3. The molecule has 0 bridgehead atoms. The quantitative estimate of drug-likeness (QED) is 0.566. The van der Waals surface area contributed by atoms with Crippen molar-refractivity contribution < 1.29 is 9.32 Å². The van der Waals surface area contributed by atoms with Crippen molar-refractivity contribution in [1.82, 2.24) is 19.9 Å². The van der Waals surface area contributed by atoms with E-state index in [0.717, 1.165) is 56.4 Å². The molecule has 0 saturated carbocycles. The highest BCUT2D eigenvalue weighted by Crippen LogP contribution is 2.23. The molecule has 1 aliphatic heterocycles. The summed E-state index contributed by atoms with van der Waals surface area (Å²) in [5, 5.41) is 6.51. The number of fused-ring (bicyclic) bond motifs is 1. The molecule has 2 heterocycles. The van der Waals surface area contributed by atoms with Crippen LogP contribution in [0.3, 0.4) is 0 Å². The van der Waals surface area contributed by atoms with Gasteiger partial charge < -0.3 is 9.42 Å². The van der Waals surface area contributed by atoms with Crippen LogP contribution in [0.2, 0.25) is 0 Å². The normalized spacial score (nSPS) is 15.1. The van der Waals surface area contributed by atoms with Crippen molar-refractivity contribution in [2.24, 2.45) is 0 Å². The molecule has 6 nitrogen and oxygen atoms in total. The van der Waals surface area contributed by atoms with Crippen LogP contribution in [0, 0.1) is 0 Å². The Morgan fingerprint density at radius 2 is 1.83 bits per heavy atom. The highest BCUT2D eigenvalue weighted by molar-refractivity contribution is 5.86. The van der Waals surface area contributed by atoms with Crippen molar-refractivity contribution in [2.45, 2.75) is 39.2 Å². The maximum absolute atomic E-state index is 12.3. The Kier molecular flexibility index (Phi) is 6.20. The molecule has 152 valence electrons. The van der Waals surface area contributed by atoms with Gasteiger partial charge in [-0.15, -0.1) is 0 Å². The molecule has 1 aliphatic rings. The van der Waals surface area contributed by atoms with Crippen LogP contribution in [0.1, 0.15) is 38.4 Å². The molecule has 3 aromatic rings. The average molecular weight is 393 g/mol. The highest BCUT2D eigenvalue weighted by atomic mass is 16.5. The summed E-state index contributed by atoms with van der Waals surface area (Å²) in [5.74, 6) is 1.53. The molecule has 6 heteroatoms. The fourth-order valence-corrected chi connectivity index (χ4v) is 3.80. The Bertz CT molecular complexity index is 960. The summed E-state index contributed by atoms with van der Waals surface area (Å²) in [5.41, 5.74) is 0.935. The molecule has 2 aromatic carbocycles. The molecule has 0 unspecified atom stereocenters. The van der Waals surface area contributed by atoms with Crippen molar-refractivity contribution in [2.75, 3.05) is 26.2 Å². The lowest BCUT2D eigenvalue weighted by Crippen LogP contribution is -2.48. The topological polar surface area (TPSA) is 62.5 Å². The minimum absolute atomic E-state index is 0.288. The number of unbranched alkanes of at least 4 members (excludes halogenated alkanes) is 2. The third-order valence-corrected chi connectivity index (χ3v) is 5.55. The molecule has 0 radical (unpaired) electrons. The van der Waals surface area contributed by atoms with Crippen LogP contribution in [0.5, 0.6) is 0 Å². The van der Waals surface area contributed by atoms with Crippen LogP contribution in [-0.4, -0.2) is 52.0 Å². The molecule has 0 atom stereocenters. The summed E-state index contributed by atoms with van der Waals surface area (Å²) in [6, 6.07) is 14.4. The fourth-order valence-electron chi connectivity index (χ4n) is 3.80. The van der Waals surface area contributed by atoms with Crippen LogP contribution in [0.15, 0.2) is 47.0 Å². The van der Waals surface area contributed by atoms with Gasteiger partial charge in [0, 0.05) is 38.2 Å². The van der Waals surface area contributed by atoms with Crippen LogP contribution < -0.4 is 0 Å². The van der Waals surface area contributed by atoms with Gasteiger partial charge in [0.1, 0.15) is 0 Å². The van der Waals surface area contributed by atoms with Crippen molar-refractivity contribution in [3.8, 4) is 11.5 Å². The van der Waals surface area contributed by atoms with Crippen LogP contribution >= 0.6 is 0 Å². The van der Waals surface area contributed by atoms with Gasteiger partial charge in [-0.2, -0.15) is 4.98 Å². The van der Waals surface area contributed by atoms with Crippen LogP contribution in [-0.2, 0) is 11.3 Å². The first-order chi connectivity index (χ1) is 14.2. The SMILES string of the molecule is CCCCCC(=O)N1CCN(Cc2noc(-c3ccc4ccccc4c3)n2)CC1. The minimum atomic E-state index is 0.288. The number of hydrogen-bond donors (Lipinski definition) is 0. The first kappa shape index (κ1) is 19.6. The number of rotatable bonds is 7. The van der Waals surface area contributed by atoms with E-state index in [1.54, 1.807) is 0 Å². The van der Waals surface area contributed by atoms with E-state index in [4.69, 9.17) is 4.52 Å². The predicted octanol–water partition coefficient (Wildman–Crippen LogP) is 4.11. The van der Waals surface area contributed by atoms with Gasteiger partial charge in [-0.1, -0.05) is 55.3 Å². The lowest BCUT2D eigenvalue weighted by molar-refractivity contribution is -0.133. The number of nitrogens with zero attached hydrogens (tertiary/aromatic N) is 4. The molecule has 29 heavy (non-hydrogen) atoms. The molecule has 4 rings (SSSR count). The maximum Gasteiger partial charge on any atom is 0.257 e. The largest absolute Gasteiger partial charge is 0.340 e. The van der Waals surface area contributed by atoms with E-state index in [2.05, 4.69) is 46.2 Å². The van der Waals surface area contributed by atoms with E-state index >= 15 is 0 Å². The van der Waals surface area contributed by atoms with E-state index < -0.39 is 0 Å². The van der Waals surface area contributed by atoms with E-state index in [1.807, 2.05) is 23.1 Å². The molecule has 1 saturated heterocycles. The summed E-state index contributed by atoms with van der Waals surface area (Å²) in [4.78, 5) is 21.1. The molecule has 1 amide bonds. The summed E-state index contributed by atoms with van der Waals surface area (Å²) < 4.78 is 5.50. The third-order valence-electron chi connectivity index (χ3n) is 5.55. The second kappa shape index (κ2) is 9.18. The van der Waals surface area contributed by atoms with Gasteiger partial charge in [0.25, 0.3) is 5.89 Å². The molecule has 0 aliphatic carbocycles. The Balaban J connectivity index is 1.32. The second-order valence-corrected chi connectivity index (χ2v) is 7.69. The lowest BCUT2D eigenvalue weighted by atomic mass is 10.1. The summed E-state index contributed by atoms with van der Waals surface area (Å²) in [6.07, 6.45) is 3.94. The maximum atomic E-state index is 12.3. The lowest BCUT2D eigenvalue weighted by Gasteiger charge is -2.34. The molecule has 1 fully saturated rings. The second-order valence-electron chi connectivity index (χ2n) is 7.69. The summed E-state index contributed by atoms with van der Waals surface area (Å²) in [6.45, 7) is 6.06. The van der Waals surface area contributed by atoms with Crippen molar-refractivity contribution in [1.29, 1.82) is 0 Å². The molecular formula is C23H28N4O2. The van der Waals surface area contributed by atoms with Crippen molar-refractivity contribution >= 4 is 16.7 Å². The van der Waals surface area contributed by atoms with E-state index in [0.29, 0.717) is 24.7 Å². The van der Waals surface area contributed by atoms with Crippen molar-refractivity contribution in [3.05, 3.63) is 48.3 Å². The number of amides is 1. The smallest absolute Gasteiger partial charge is 0.257 e. The Morgan fingerprint density at radius 3 is 2.62 bits per heavy atom. The third kappa shape index (κ3) is 4.82. The van der Waals surface area contributed by atoms with Gasteiger partial charge in [-0.3, -0.25) is 9.69 Å². The summed E-state index contributed by atoms with van der Waals surface area (Å²) >= 11 is 0. The molecule has 0 spiro atoms. The van der Waals surface area contributed by atoms with E-state index in [-0.39, 0.29) is 5.91 Å².